The van der Waals surface area contributed by atoms with Crippen molar-refractivity contribution in [3.8, 4) is 0 Å². The number of rotatable bonds is 1. The average Bonchev–Trinajstić information content (AvgIpc) is 2.64. The number of allylic oxidation sites excluding steroid dienone is 2. The van der Waals surface area contributed by atoms with Crippen LogP contribution in [0.2, 0.25) is 0 Å². The number of nitrogens with zero attached hydrogens (tertiary/aromatic N) is 1. The van der Waals surface area contributed by atoms with E-state index in [9.17, 15) is 9.59 Å². The van der Waals surface area contributed by atoms with Crippen molar-refractivity contribution < 1.29 is 9.59 Å². The van der Waals surface area contributed by atoms with Gasteiger partial charge in [-0.05, 0) is 31.9 Å². The minimum Gasteiger partial charge on any atom is -0.274 e. The highest BCUT2D eigenvalue weighted by molar-refractivity contribution is 6.22. The molecule has 2 unspecified atom stereocenters. The van der Waals surface area contributed by atoms with Gasteiger partial charge in [-0.2, -0.15) is 0 Å². The summed E-state index contributed by atoms with van der Waals surface area (Å²) in [5.74, 6) is -0.385. The maximum atomic E-state index is 12.3. The summed E-state index contributed by atoms with van der Waals surface area (Å²) in [5.41, 5.74) is 1.82. The quantitative estimate of drug-likeness (QED) is 0.559. The lowest BCUT2D eigenvalue weighted by molar-refractivity contribution is -0.122. The van der Waals surface area contributed by atoms with Gasteiger partial charge in [0.25, 0.3) is 0 Å². The molecule has 18 heavy (non-hydrogen) atoms. The number of carbonyl (C=O) groups is 2. The molecule has 1 aliphatic carbocycles. The van der Waals surface area contributed by atoms with Crippen LogP contribution < -0.4 is 4.90 Å². The van der Waals surface area contributed by atoms with Gasteiger partial charge in [-0.1, -0.05) is 29.8 Å². The third kappa shape index (κ3) is 1.58. The van der Waals surface area contributed by atoms with Gasteiger partial charge in [-0.15, -0.1) is 0 Å². The minimum atomic E-state index is -0.149. The third-order valence-electron chi connectivity index (χ3n) is 3.80. The van der Waals surface area contributed by atoms with E-state index in [0.717, 1.165) is 5.56 Å². The Morgan fingerprint density at radius 3 is 1.94 bits per heavy atom. The summed E-state index contributed by atoms with van der Waals surface area (Å²) in [6.45, 7) is 1.99. The predicted molar refractivity (Wildman–Crippen MR) is 69.0 cm³/mol. The first-order chi connectivity index (χ1) is 8.68. The number of aryl methyl sites for hydroxylation is 1. The molecule has 1 aliphatic heterocycles. The van der Waals surface area contributed by atoms with Gasteiger partial charge >= 0.3 is 0 Å². The van der Waals surface area contributed by atoms with Crippen LogP contribution in [0.5, 0.6) is 0 Å². The molecular formula is C15H15NO2. The van der Waals surface area contributed by atoms with Crippen LogP contribution in [0.4, 0.5) is 5.69 Å². The lowest BCUT2D eigenvalue weighted by Gasteiger charge is -2.14. The third-order valence-corrected chi connectivity index (χ3v) is 3.80. The van der Waals surface area contributed by atoms with E-state index in [1.807, 2.05) is 43.3 Å². The Labute approximate surface area is 106 Å². The maximum absolute atomic E-state index is 12.3. The first kappa shape index (κ1) is 11.2. The van der Waals surface area contributed by atoms with Crippen molar-refractivity contribution in [2.24, 2.45) is 11.8 Å². The first-order valence-electron chi connectivity index (χ1n) is 6.28. The standard InChI is InChI=1S/C15H15NO2/c1-10-6-8-11(9-7-10)16-14(17)12-4-2-3-5-13(12)15(16)18/h2-3,6-9,12-13H,4-5H2,1H3. The number of fused-ring (bicyclic) bond motifs is 1. The smallest absolute Gasteiger partial charge is 0.238 e. The second-order valence-corrected chi connectivity index (χ2v) is 5.00. The van der Waals surface area contributed by atoms with Gasteiger partial charge in [-0.3, -0.25) is 14.5 Å². The molecule has 1 heterocycles. The van der Waals surface area contributed by atoms with Crippen LogP contribution >= 0.6 is 0 Å². The molecule has 1 aromatic carbocycles. The van der Waals surface area contributed by atoms with Crippen LogP contribution in [-0.4, -0.2) is 11.8 Å². The molecule has 3 nitrogen and oxygen atoms in total. The van der Waals surface area contributed by atoms with E-state index in [1.165, 1.54) is 4.90 Å². The molecule has 0 spiro atoms. The molecule has 92 valence electrons. The molecule has 0 radical (unpaired) electrons. The Bertz CT molecular complexity index is 504. The fourth-order valence-electron chi connectivity index (χ4n) is 2.75. The number of hydrogen-bond acceptors (Lipinski definition) is 2. The van der Waals surface area contributed by atoms with Gasteiger partial charge in [0.05, 0.1) is 17.5 Å². The Hall–Kier alpha value is -1.90. The zero-order valence-electron chi connectivity index (χ0n) is 10.3. The van der Waals surface area contributed by atoms with Gasteiger partial charge in [0.2, 0.25) is 11.8 Å². The fourth-order valence-corrected chi connectivity index (χ4v) is 2.75. The zero-order chi connectivity index (χ0) is 12.7. The summed E-state index contributed by atoms with van der Waals surface area (Å²) in [7, 11) is 0. The van der Waals surface area contributed by atoms with Crippen LogP contribution in [0.3, 0.4) is 0 Å². The summed E-state index contributed by atoms with van der Waals surface area (Å²) >= 11 is 0. The van der Waals surface area contributed by atoms with Gasteiger partial charge in [0.1, 0.15) is 0 Å². The first-order valence-corrected chi connectivity index (χ1v) is 6.28. The van der Waals surface area contributed by atoms with Crippen molar-refractivity contribution in [2.75, 3.05) is 4.90 Å². The summed E-state index contributed by atoms with van der Waals surface area (Å²) < 4.78 is 0. The summed E-state index contributed by atoms with van der Waals surface area (Å²) in [6, 6.07) is 7.54. The highest BCUT2D eigenvalue weighted by Crippen LogP contribution is 2.37. The molecular weight excluding hydrogens is 226 g/mol. The Morgan fingerprint density at radius 1 is 0.944 bits per heavy atom. The molecule has 3 heteroatoms. The second-order valence-electron chi connectivity index (χ2n) is 5.00. The molecule has 0 saturated carbocycles. The minimum absolute atomic E-state index is 0.0433. The molecule has 2 amide bonds. The van der Waals surface area contributed by atoms with E-state index >= 15 is 0 Å². The number of benzene rings is 1. The van der Waals surface area contributed by atoms with Gasteiger partial charge < -0.3 is 0 Å². The monoisotopic (exact) mass is 241 g/mol. The summed E-state index contributed by atoms with van der Waals surface area (Å²) in [5, 5.41) is 0. The highest BCUT2D eigenvalue weighted by atomic mass is 16.2. The Kier molecular flexibility index (Phi) is 2.54. The molecule has 0 bridgehead atoms. The van der Waals surface area contributed by atoms with Crippen molar-refractivity contribution in [2.45, 2.75) is 19.8 Å². The number of hydrogen-bond donors (Lipinski definition) is 0. The Morgan fingerprint density at radius 2 is 1.44 bits per heavy atom. The Balaban J connectivity index is 1.96. The predicted octanol–water partition coefficient (Wildman–Crippen LogP) is 2.45. The largest absolute Gasteiger partial charge is 0.274 e. The van der Waals surface area contributed by atoms with Crippen LogP contribution in [0, 0.1) is 18.8 Å². The molecule has 1 saturated heterocycles. The fraction of sp³-hybridized carbons (Fsp3) is 0.333. The lowest BCUT2D eigenvalue weighted by atomic mass is 9.85. The number of amides is 2. The van der Waals surface area contributed by atoms with Crippen LogP contribution in [0.15, 0.2) is 36.4 Å². The molecule has 0 N–H and O–H groups in total. The lowest BCUT2D eigenvalue weighted by Crippen LogP contribution is -2.30. The molecule has 2 aliphatic rings. The zero-order valence-corrected chi connectivity index (χ0v) is 10.3. The second kappa shape index (κ2) is 4.09. The molecule has 1 fully saturated rings. The van der Waals surface area contributed by atoms with E-state index in [4.69, 9.17) is 0 Å². The molecule has 3 rings (SSSR count). The number of imide groups is 1. The van der Waals surface area contributed by atoms with Gasteiger partial charge in [0, 0.05) is 0 Å². The normalized spacial score (nSPS) is 26.6. The molecule has 0 aromatic heterocycles. The number of carbonyl (C=O) groups excluding carboxylic acids is 2. The van der Waals surface area contributed by atoms with Crippen LogP contribution in [-0.2, 0) is 9.59 Å². The van der Waals surface area contributed by atoms with Crippen molar-refractivity contribution in [3.63, 3.8) is 0 Å². The SMILES string of the molecule is Cc1ccc(N2C(=O)C3CC=CCC3C2=O)cc1. The van der Waals surface area contributed by atoms with Crippen molar-refractivity contribution in [1.82, 2.24) is 0 Å². The van der Waals surface area contributed by atoms with Crippen molar-refractivity contribution in [1.29, 1.82) is 0 Å². The molecule has 1 aromatic rings. The summed E-state index contributed by atoms with van der Waals surface area (Å²) in [4.78, 5) is 26.0. The van der Waals surface area contributed by atoms with Gasteiger partial charge in [0.15, 0.2) is 0 Å². The maximum Gasteiger partial charge on any atom is 0.238 e. The van der Waals surface area contributed by atoms with E-state index in [2.05, 4.69) is 0 Å². The highest BCUT2D eigenvalue weighted by Gasteiger charge is 2.47. The van der Waals surface area contributed by atoms with E-state index in [1.54, 1.807) is 0 Å². The van der Waals surface area contributed by atoms with E-state index in [0.29, 0.717) is 18.5 Å². The van der Waals surface area contributed by atoms with Crippen molar-refractivity contribution in [3.05, 3.63) is 42.0 Å². The van der Waals surface area contributed by atoms with Gasteiger partial charge in [-0.25, -0.2) is 0 Å². The molecule has 2 atom stereocenters. The van der Waals surface area contributed by atoms with Crippen molar-refractivity contribution >= 4 is 17.5 Å². The number of anilines is 1. The topological polar surface area (TPSA) is 37.4 Å². The summed E-state index contributed by atoms with van der Waals surface area (Å²) in [6.07, 6.45) is 5.39. The van der Waals surface area contributed by atoms with E-state index < -0.39 is 0 Å². The van der Waals surface area contributed by atoms with Crippen LogP contribution in [0.1, 0.15) is 18.4 Å². The van der Waals surface area contributed by atoms with E-state index in [-0.39, 0.29) is 23.7 Å². The van der Waals surface area contributed by atoms with Crippen LogP contribution in [0.25, 0.3) is 0 Å². The average molecular weight is 241 g/mol.